The summed E-state index contributed by atoms with van der Waals surface area (Å²) in [5.41, 5.74) is 8.43. The molecule has 0 saturated heterocycles. The molecule has 5 heteroatoms. The highest BCUT2D eigenvalue weighted by Gasteiger charge is 2.62. The molecule has 1 fully saturated rings. The number of hydrogen-bond acceptors (Lipinski definition) is 4. The number of nitrogens with two attached hydrogens (primary N) is 1. The third kappa shape index (κ3) is 2.17. The van der Waals surface area contributed by atoms with E-state index < -0.39 is 0 Å². The van der Waals surface area contributed by atoms with Crippen molar-refractivity contribution in [1.82, 2.24) is 0 Å². The minimum absolute atomic E-state index is 0.0902. The molecule has 3 aliphatic rings. The van der Waals surface area contributed by atoms with Crippen molar-refractivity contribution in [2.45, 2.75) is 50.7 Å². The fourth-order valence-corrected chi connectivity index (χ4v) is 5.73. The predicted octanol–water partition coefficient (Wildman–Crippen LogP) is 3.76. The van der Waals surface area contributed by atoms with E-state index in [4.69, 9.17) is 20.2 Å². The summed E-state index contributed by atoms with van der Waals surface area (Å²) in [6, 6.07) is 6.93. The van der Waals surface area contributed by atoms with E-state index in [1.54, 1.807) is 0 Å². The van der Waals surface area contributed by atoms with Gasteiger partial charge >= 0.3 is 0 Å². The van der Waals surface area contributed by atoms with Gasteiger partial charge in [0.2, 0.25) is 0 Å². The summed E-state index contributed by atoms with van der Waals surface area (Å²) >= 11 is 3.63. The van der Waals surface area contributed by atoms with Crippen molar-refractivity contribution in [2.24, 2.45) is 22.1 Å². The summed E-state index contributed by atoms with van der Waals surface area (Å²) in [7, 11) is 1.84. The van der Waals surface area contributed by atoms with Crippen LogP contribution in [0, 0.1) is 11.3 Å². The van der Waals surface area contributed by atoms with Crippen LogP contribution in [0.3, 0.4) is 0 Å². The molecule has 2 N–H and O–H groups in total. The molecule has 1 heterocycles. The maximum Gasteiger partial charge on any atom is 0.283 e. The maximum absolute atomic E-state index is 5.99. The minimum Gasteiger partial charge on any atom is -0.462 e. The van der Waals surface area contributed by atoms with Gasteiger partial charge in [0.05, 0.1) is 6.10 Å². The molecule has 0 unspecified atom stereocenters. The van der Waals surface area contributed by atoms with Crippen LogP contribution in [0.4, 0.5) is 0 Å². The molecule has 0 aromatic heterocycles. The van der Waals surface area contributed by atoms with Crippen molar-refractivity contribution in [3.05, 3.63) is 33.8 Å². The zero-order valence-corrected chi connectivity index (χ0v) is 15.9. The van der Waals surface area contributed by atoms with Gasteiger partial charge in [-0.25, -0.2) is 4.99 Å². The van der Waals surface area contributed by atoms with Crippen LogP contribution < -0.4 is 5.73 Å². The van der Waals surface area contributed by atoms with Crippen LogP contribution in [-0.4, -0.2) is 25.8 Å². The van der Waals surface area contributed by atoms with Gasteiger partial charge < -0.3 is 15.2 Å². The van der Waals surface area contributed by atoms with Gasteiger partial charge in [0.25, 0.3) is 6.02 Å². The van der Waals surface area contributed by atoms with Gasteiger partial charge in [0.1, 0.15) is 12.1 Å². The fourth-order valence-electron chi connectivity index (χ4n) is 5.37. The summed E-state index contributed by atoms with van der Waals surface area (Å²) < 4.78 is 12.6. The molecule has 130 valence electrons. The van der Waals surface area contributed by atoms with E-state index in [1.807, 2.05) is 7.11 Å². The number of amidine groups is 1. The van der Waals surface area contributed by atoms with E-state index in [0.717, 1.165) is 36.6 Å². The van der Waals surface area contributed by atoms with Gasteiger partial charge in [-0.15, -0.1) is 0 Å². The molecule has 2 spiro atoms. The first kappa shape index (κ1) is 16.4. The maximum atomic E-state index is 5.99. The van der Waals surface area contributed by atoms with Crippen molar-refractivity contribution >= 4 is 22.0 Å². The standard InChI is InChI=1S/C19H25BrN2O2/c1-3-12-9-18(7-6-16(12)23-2)10-13-4-5-14(20)8-15(13)19(18)11-24-17(21)22-19/h4-5,8,12,16H,3,6-7,9-11H2,1-2H3,(H2,21,22)/t12-,16-,18-,19-/m0/s1. The summed E-state index contributed by atoms with van der Waals surface area (Å²) in [6.07, 6.45) is 5.86. The van der Waals surface area contributed by atoms with Gasteiger partial charge in [0.15, 0.2) is 0 Å². The molecule has 0 radical (unpaired) electrons. The average Bonchev–Trinajstić information content (AvgIpc) is 3.09. The molecular weight excluding hydrogens is 368 g/mol. The Morgan fingerprint density at radius 1 is 1.46 bits per heavy atom. The van der Waals surface area contributed by atoms with Crippen molar-refractivity contribution in [1.29, 1.82) is 0 Å². The first-order valence-corrected chi connectivity index (χ1v) is 9.63. The topological polar surface area (TPSA) is 56.8 Å². The Morgan fingerprint density at radius 3 is 2.96 bits per heavy atom. The average molecular weight is 393 g/mol. The van der Waals surface area contributed by atoms with Crippen LogP contribution in [0.1, 0.15) is 43.7 Å². The van der Waals surface area contributed by atoms with E-state index >= 15 is 0 Å². The Kier molecular flexibility index (Phi) is 3.92. The Bertz CT molecular complexity index is 692. The molecule has 1 aliphatic heterocycles. The minimum atomic E-state index is -0.331. The van der Waals surface area contributed by atoms with E-state index in [1.165, 1.54) is 11.1 Å². The number of nitrogens with zero attached hydrogens (tertiary/aromatic N) is 1. The second kappa shape index (κ2) is 5.73. The second-order valence-corrected chi connectivity index (χ2v) is 8.46. The first-order valence-electron chi connectivity index (χ1n) is 8.83. The number of benzene rings is 1. The van der Waals surface area contributed by atoms with Crippen LogP contribution in [0.15, 0.2) is 27.7 Å². The molecule has 1 saturated carbocycles. The quantitative estimate of drug-likeness (QED) is 0.833. The van der Waals surface area contributed by atoms with E-state index in [-0.39, 0.29) is 11.0 Å². The van der Waals surface area contributed by atoms with E-state index in [2.05, 4.69) is 41.1 Å². The lowest BCUT2D eigenvalue weighted by atomic mass is 9.59. The molecule has 4 nitrogen and oxygen atoms in total. The predicted molar refractivity (Wildman–Crippen MR) is 98.0 cm³/mol. The van der Waals surface area contributed by atoms with Gasteiger partial charge in [-0.05, 0) is 54.9 Å². The second-order valence-electron chi connectivity index (χ2n) is 7.54. The van der Waals surface area contributed by atoms with Crippen LogP contribution in [0.2, 0.25) is 0 Å². The Hall–Kier alpha value is -1.07. The first-order chi connectivity index (χ1) is 11.5. The Morgan fingerprint density at radius 2 is 2.29 bits per heavy atom. The number of methoxy groups -OCH3 is 1. The summed E-state index contributed by atoms with van der Waals surface area (Å²) in [4.78, 5) is 4.91. The number of halogens is 1. The normalized spacial score (nSPS) is 37.5. The van der Waals surface area contributed by atoms with Gasteiger partial charge in [-0.1, -0.05) is 35.3 Å². The zero-order valence-electron chi connectivity index (χ0n) is 14.3. The largest absolute Gasteiger partial charge is 0.462 e. The highest BCUT2D eigenvalue weighted by atomic mass is 79.9. The monoisotopic (exact) mass is 392 g/mol. The number of aliphatic imine (C=N–C) groups is 1. The van der Waals surface area contributed by atoms with Crippen molar-refractivity contribution in [2.75, 3.05) is 13.7 Å². The summed E-state index contributed by atoms with van der Waals surface area (Å²) in [5, 5.41) is 0. The third-order valence-electron chi connectivity index (χ3n) is 6.57. The van der Waals surface area contributed by atoms with Crippen LogP contribution in [0.25, 0.3) is 0 Å². The SMILES string of the molecule is CC[C@H]1C[C@@]2(CC[C@@H]1OC)Cc1ccc(Br)cc1[C@@]21COC(N)=N1. The lowest BCUT2D eigenvalue weighted by Gasteiger charge is -2.48. The Labute approximate surface area is 151 Å². The molecule has 2 aliphatic carbocycles. The molecule has 1 aromatic carbocycles. The molecular formula is C19H25BrN2O2. The van der Waals surface area contributed by atoms with Gasteiger partial charge in [0, 0.05) is 17.0 Å². The van der Waals surface area contributed by atoms with Crippen molar-refractivity contribution in [3.63, 3.8) is 0 Å². The van der Waals surface area contributed by atoms with Crippen LogP contribution in [0.5, 0.6) is 0 Å². The van der Waals surface area contributed by atoms with Crippen molar-refractivity contribution in [3.8, 4) is 0 Å². The number of hydrogen-bond donors (Lipinski definition) is 1. The smallest absolute Gasteiger partial charge is 0.283 e. The van der Waals surface area contributed by atoms with Gasteiger partial charge in [-0.3, -0.25) is 0 Å². The summed E-state index contributed by atoms with van der Waals surface area (Å²) in [5.74, 6) is 0.565. The van der Waals surface area contributed by atoms with Crippen LogP contribution in [-0.2, 0) is 21.4 Å². The Balaban J connectivity index is 1.82. The van der Waals surface area contributed by atoms with E-state index in [9.17, 15) is 0 Å². The lowest BCUT2D eigenvalue weighted by molar-refractivity contribution is -0.0514. The zero-order chi connectivity index (χ0) is 16.9. The molecule has 4 rings (SSSR count). The molecule has 24 heavy (non-hydrogen) atoms. The van der Waals surface area contributed by atoms with Gasteiger partial charge in [-0.2, -0.15) is 0 Å². The molecule has 0 amide bonds. The lowest BCUT2D eigenvalue weighted by Crippen LogP contribution is -2.49. The number of ether oxygens (including phenoxy) is 2. The third-order valence-corrected chi connectivity index (χ3v) is 7.06. The molecule has 1 aromatic rings. The summed E-state index contributed by atoms with van der Waals surface area (Å²) in [6.45, 7) is 2.83. The highest BCUT2D eigenvalue weighted by Crippen LogP contribution is 2.62. The highest BCUT2D eigenvalue weighted by molar-refractivity contribution is 9.10. The van der Waals surface area contributed by atoms with Crippen LogP contribution >= 0.6 is 15.9 Å². The fraction of sp³-hybridized carbons (Fsp3) is 0.632. The number of rotatable bonds is 2. The van der Waals surface area contributed by atoms with Crippen molar-refractivity contribution < 1.29 is 9.47 Å². The van der Waals surface area contributed by atoms with E-state index in [0.29, 0.717) is 24.7 Å². The molecule has 0 bridgehead atoms. The number of fused-ring (bicyclic) bond motifs is 3. The molecule has 4 atom stereocenters.